The van der Waals surface area contributed by atoms with E-state index in [4.69, 9.17) is 10.5 Å². The number of aromatic nitrogens is 3. The molecule has 1 aliphatic heterocycles. The molecule has 6 heteroatoms. The average Bonchev–Trinajstić information content (AvgIpc) is 3.18. The highest BCUT2D eigenvalue weighted by Crippen LogP contribution is 2.46. The van der Waals surface area contributed by atoms with Gasteiger partial charge in [-0.3, -0.25) is 0 Å². The Labute approximate surface area is 139 Å². The number of hydrogen-bond donors (Lipinski definition) is 2. The maximum atomic E-state index is 6.22. The van der Waals surface area contributed by atoms with Crippen molar-refractivity contribution in [1.29, 1.82) is 0 Å². The first kappa shape index (κ1) is 13.7. The molecule has 1 aromatic carbocycles. The quantitative estimate of drug-likeness (QED) is 0.775. The Morgan fingerprint density at radius 3 is 2.92 bits per heavy atom. The lowest BCUT2D eigenvalue weighted by Crippen LogP contribution is -1.96. The van der Waals surface area contributed by atoms with Gasteiger partial charge in [0.1, 0.15) is 23.5 Å². The van der Waals surface area contributed by atoms with Gasteiger partial charge in [-0.2, -0.15) is 0 Å². The van der Waals surface area contributed by atoms with Crippen LogP contribution < -0.4 is 15.8 Å². The number of rotatable bonds is 3. The molecular weight excluding hydrogens is 302 g/mol. The van der Waals surface area contributed by atoms with E-state index < -0.39 is 0 Å². The lowest BCUT2D eigenvalue weighted by molar-refractivity contribution is 0.358. The minimum Gasteiger partial charge on any atom is -0.491 e. The summed E-state index contributed by atoms with van der Waals surface area (Å²) < 4.78 is 8.12. The largest absolute Gasteiger partial charge is 0.491 e. The third-order valence-electron chi connectivity index (χ3n) is 5.00. The molecule has 2 aliphatic rings. The van der Waals surface area contributed by atoms with Crippen molar-refractivity contribution >= 4 is 22.5 Å². The van der Waals surface area contributed by atoms with E-state index in [0.29, 0.717) is 18.5 Å². The molecule has 6 nitrogen and oxygen atoms in total. The summed E-state index contributed by atoms with van der Waals surface area (Å²) in [7, 11) is 1.92. The standard InChI is InChI=1S/C18H19N5O/c1-20-14-5-4-11(12-6-7-24-16(12)14)13-8-23(10-2-3-10)18-15(13)17(19)21-9-22-18/h4-5,8-10,20H,2-3,6-7H2,1H3,(H2,19,21,22). The van der Waals surface area contributed by atoms with Gasteiger partial charge in [0.15, 0.2) is 0 Å². The molecule has 1 fully saturated rings. The Hall–Kier alpha value is -2.76. The van der Waals surface area contributed by atoms with Crippen LogP contribution in [-0.2, 0) is 6.42 Å². The lowest BCUT2D eigenvalue weighted by Gasteiger charge is -2.11. The van der Waals surface area contributed by atoms with Gasteiger partial charge in [0.25, 0.3) is 0 Å². The fourth-order valence-electron chi connectivity index (χ4n) is 3.69. The molecular formula is C18H19N5O. The Bertz CT molecular complexity index is 958. The van der Waals surface area contributed by atoms with Gasteiger partial charge < -0.3 is 20.4 Å². The molecule has 0 unspecified atom stereocenters. The average molecular weight is 321 g/mol. The van der Waals surface area contributed by atoms with E-state index in [2.05, 4.69) is 38.2 Å². The summed E-state index contributed by atoms with van der Waals surface area (Å²) in [5.74, 6) is 1.50. The highest BCUT2D eigenvalue weighted by atomic mass is 16.5. The molecule has 2 aromatic heterocycles. The van der Waals surface area contributed by atoms with Gasteiger partial charge >= 0.3 is 0 Å². The molecule has 0 amide bonds. The summed E-state index contributed by atoms with van der Waals surface area (Å²) in [5.41, 5.74) is 11.7. The van der Waals surface area contributed by atoms with Crippen LogP contribution in [0.15, 0.2) is 24.7 Å². The van der Waals surface area contributed by atoms with Gasteiger partial charge in [0.05, 0.1) is 17.7 Å². The summed E-state index contributed by atoms with van der Waals surface area (Å²) in [6.07, 6.45) is 7.06. The molecule has 24 heavy (non-hydrogen) atoms. The molecule has 0 spiro atoms. The number of nitrogen functional groups attached to an aromatic ring is 1. The predicted molar refractivity (Wildman–Crippen MR) is 94.4 cm³/mol. The van der Waals surface area contributed by atoms with E-state index in [1.807, 2.05) is 7.05 Å². The molecule has 122 valence electrons. The Kier molecular flexibility index (Phi) is 2.77. The highest BCUT2D eigenvalue weighted by Gasteiger charge is 2.29. The van der Waals surface area contributed by atoms with Crippen LogP contribution in [0.1, 0.15) is 24.4 Å². The Morgan fingerprint density at radius 2 is 2.12 bits per heavy atom. The molecule has 3 N–H and O–H groups in total. The van der Waals surface area contributed by atoms with E-state index in [9.17, 15) is 0 Å². The maximum Gasteiger partial charge on any atom is 0.146 e. The van der Waals surface area contributed by atoms with Crippen molar-refractivity contribution in [2.24, 2.45) is 0 Å². The molecule has 1 saturated carbocycles. The van der Waals surface area contributed by atoms with Gasteiger partial charge in [-0.25, -0.2) is 9.97 Å². The molecule has 0 radical (unpaired) electrons. The lowest BCUT2D eigenvalue weighted by atomic mass is 9.97. The molecule has 0 saturated heterocycles. The van der Waals surface area contributed by atoms with Gasteiger partial charge in [-0.05, 0) is 24.5 Å². The van der Waals surface area contributed by atoms with Crippen LogP contribution in [0.2, 0.25) is 0 Å². The summed E-state index contributed by atoms with van der Waals surface area (Å²) in [6, 6.07) is 4.76. The number of nitrogens with one attached hydrogen (secondary N) is 1. The van der Waals surface area contributed by atoms with Gasteiger partial charge in [-0.1, -0.05) is 6.07 Å². The first-order valence-electron chi connectivity index (χ1n) is 8.35. The maximum absolute atomic E-state index is 6.22. The van der Waals surface area contributed by atoms with E-state index in [1.165, 1.54) is 24.0 Å². The SMILES string of the molecule is CNc1ccc(-c2cn(C3CC3)c3ncnc(N)c23)c2c1OCC2. The summed E-state index contributed by atoms with van der Waals surface area (Å²) in [5, 5.41) is 4.16. The van der Waals surface area contributed by atoms with Crippen molar-refractivity contribution in [3.63, 3.8) is 0 Å². The van der Waals surface area contributed by atoms with Crippen LogP contribution in [0.5, 0.6) is 5.75 Å². The zero-order valence-corrected chi connectivity index (χ0v) is 13.5. The fourth-order valence-corrected chi connectivity index (χ4v) is 3.69. The van der Waals surface area contributed by atoms with Crippen LogP contribution in [0.3, 0.4) is 0 Å². The van der Waals surface area contributed by atoms with Crippen LogP contribution in [-0.4, -0.2) is 28.2 Å². The van der Waals surface area contributed by atoms with Crippen molar-refractivity contribution in [3.8, 4) is 16.9 Å². The molecule has 3 aromatic rings. The minimum atomic E-state index is 0.538. The van der Waals surface area contributed by atoms with Gasteiger partial charge in [0.2, 0.25) is 0 Å². The fraction of sp³-hybridized carbons (Fsp3) is 0.333. The van der Waals surface area contributed by atoms with Gasteiger partial charge in [-0.15, -0.1) is 0 Å². The highest BCUT2D eigenvalue weighted by molar-refractivity contribution is 6.02. The number of nitrogens with two attached hydrogens (primary N) is 1. The van der Waals surface area contributed by atoms with Crippen molar-refractivity contribution in [2.75, 3.05) is 24.7 Å². The van der Waals surface area contributed by atoms with E-state index in [0.717, 1.165) is 34.5 Å². The third-order valence-corrected chi connectivity index (χ3v) is 5.00. The number of fused-ring (bicyclic) bond motifs is 2. The second-order valence-corrected chi connectivity index (χ2v) is 6.46. The summed E-state index contributed by atoms with van der Waals surface area (Å²) >= 11 is 0. The summed E-state index contributed by atoms with van der Waals surface area (Å²) in [6.45, 7) is 0.717. The zero-order valence-electron chi connectivity index (χ0n) is 13.5. The minimum absolute atomic E-state index is 0.538. The topological polar surface area (TPSA) is 78.0 Å². The molecule has 0 atom stereocenters. The normalized spacial score (nSPS) is 16.2. The molecule has 3 heterocycles. The van der Waals surface area contributed by atoms with Crippen LogP contribution in [0, 0.1) is 0 Å². The first-order chi connectivity index (χ1) is 11.8. The number of ether oxygens (including phenoxy) is 1. The third kappa shape index (κ3) is 1.82. The van der Waals surface area contributed by atoms with Crippen LogP contribution in [0.25, 0.3) is 22.2 Å². The Morgan fingerprint density at radius 1 is 1.25 bits per heavy atom. The smallest absolute Gasteiger partial charge is 0.146 e. The van der Waals surface area contributed by atoms with E-state index >= 15 is 0 Å². The second-order valence-electron chi connectivity index (χ2n) is 6.46. The Balaban J connectivity index is 1.80. The molecule has 1 aliphatic carbocycles. The van der Waals surface area contributed by atoms with Crippen molar-refractivity contribution in [3.05, 3.63) is 30.2 Å². The second kappa shape index (κ2) is 4.87. The van der Waals surface area contributed by atoms with E-state index in [-0.39, 0.29) is 0 Å². The van der Waals surface area contributed by atoms with Crippen molar-refractivity contribution < 1.29 is 4.74 Å². The number of benzene rings is 1. The first-order valence-corrected chi connectivity index (χ1v) is 8.35. The number of nitrogens with zero attached hydrogens (tertiary/aromatic N) is 3. The molecule has 0 bridgehead atoms. The predicted octanol–water partition coefficient (Wildman–Crippen LogP) is 2.99. The molecule has 5 rings (SSSR count). The van der Waals surface area contributed by atoms with Crippen molar-refractivity contribution in [1.82, 2.24) is 14.5 Å². The van der Waals surface area contributed by atoms with Gasteiger partial charge in [0, 0.05) is 36.8 Å². The number of anilines is 2. The zero-order chi connectivity index (χ0) is 16.3. The van der Waals surface area contributed by atoms with Crippen LogP contribution >= 0.6 is 0 Å². The van der Waals surface area contributed by atoms with E-state index in [1.54, 1.807) is 6.33 Å². The summed E-state index contributed by atoms with van der Waals surface area (Å²) in [4.78, 5) is 8.73. The monoisotopic (exact) mass is 321 g/mol. The van der Waals surface area contributed by atoms with Crippen molar-refractivity contribution in [2.45, 2.75) is 25.3 Å². The number of hydrogen-bond acceptors (Lipinski definition) is 5. The van der Waals surface area contributed by atoms with Crippen LogP contribution in [0.4, 0.5) is 11.5 Å².